The Morgan fingerprint density at radius 1 is 1.05 bits per heavy atom. The minimum Gasteiger partial charge on any atom is -0.354 e. The summed E-state index contributed by atoms with van der Waals surface area (Å²) in [5.41, 5.74) is 3.28. The van der Waals surface area contributed by atoms with Crippen LogP contribution in [0.4, 0.5) is 5.69 Å². The van der Waals surface area contributed by atoms with Gasteiger partial charge in [0.2, 0.25) is 21.8 Å². The summed E-state index contributed by atoms with van der Waals surface area (Å²) in [5, 5.41) is 3.54. The topological polar surface area (TPSA) is 86.8 Å². The van der Waals surface area contributed by atoms with Crippen LogP contribution in [-0.2, 0) is 26.2 Å². The summed E-state index contributed by atoms with van der Waals surface area (Å²) in [6, 6.07) is 12.2. The average Bonchev–Trinajstić information content (AvgIpc) is 2.82. The number of nitrogens with one attached hydrogen (secondary N) is 1. The first-order valence-corrected chi connectivity index (χ1v) is 14.9. The molecule has 0 aliphatic rings. The standard InChI is InChI=1S/C28H40ClN3O4S/c1-7-25(28(34)30-18-20(2)3)31(19-23-12-14-24(29)15-13-23)27(33)9-8-16-32(37(6,35)36)26-17-21(4)10-11-22(26)5/h10-15,17,20,25H,7-9,16,18-19H2,1-6H3,(H,30,34)/t25-/m1/s1. The highest BCUT2D eigenvalue weighted by Gasteiger charge is 2.29. The maximum atomic E-state index is 13.5. The molecule has 2 aromatic rings. The zero-order valence-electron chi connectivity index (χ0n) is 22.8. The predicted octanol–water partition coefficient (Wildman–Crippen LogP) is 5.08. The molecule has 2 amide bonds. The number of hydrogen-bond donors (Lipinski definition) is 1. The summed E-state index contributed by atoms with van der Waals surface area (Å²) < 4.78 is 26.6. The molecule has 0 radical (unpaired) electrons. The Bertz CT molecular complexity index is 1170. The van der Waals surface area contributed by atoms with Gasteiger partial charge in [0.05, 0.1) is 11.9 Å². The molecule has 0 fully saturated rings. The third-order valence-electron chi connectivity index (χ3n) is 6.12. The second-order valence-corrected chi connectivity index (χ2v) is 12.3. The van der Waals surface area contributed by atoms with E-state index in [2.05, 4.69) is 5.32 Å². The van der Waals surface area contributed by atoms with Crippen molar-refractivity contribution in [3.63, 3.8) is 0 Å². The van der Waals surface area contributed by atoms with E-state index in [0.717, 1.165) is 16.7 Å². The number of halogens is 1. The van der Waals surface area contributed by atoms with Gasteiger partial charge < -0.3 is 10.2 Å². The van der Waals surface area contributed by atoms with Gasteiger partial charge in [-0.1, -0.05) is 56.6 Å². The van der Waals surface area contributed by atoms with Gasteiger partial charge in [-0.15, -0.1) is 0 Å². The van der Waals surface area contributed by atoms with Crippen LogP contribution in [0.2, 0.25) is 5.02 Å². The van der Waals surface area contributed by atoms with E-state index in [1.54, 1.807) is 17.0 Å². The second-order valence-electron chi connectivity index (χ2n) is 9.94. The molecule has 0 aliphatic heterocycles. The number of rotatable bonds is 13. The number of carbonyl (C=O) groups is 2. The van der Waals surface area contributed by atoms with Gasteiger partial charge >= 0.3 is 0 Å². The second kappa shape index (κ2) is 13.8. The molecule has 0 unspecified atom stereocenters. The summed E-state index contributed by atoms with van der Waals surface area (Å²) in [6.07, 6.45) is 2.07. The highest BCUT2D eigenvalue weighted by molar-refractivity contribution is 7.92. The van der Waals surface area contributed by atoms with E-state index in [1.165, 1.54) is 10.6 Å². The molecule has 0 spiro atoms. The number of amides is 2. The van der Waals surface area contributed by atoms with Crippen LogP contribution in [0.3, 0.4) is 0 Å². The van der Waals surface area contributed by atoms with E-state index < -0.39 is 16.1 Å². The molecule has 0 saturated heterocycles. The lowest BCUT2D eigenvalue weighted by atomic mass is 10.1. The highest BCUT2D eigenvalue weighted by Crippen LogP contribution is 2.25. The Kier molecular flexibility index (Phi) is 11.4. The van der Waals surface area contributed by atoms with Crippen molar-refractivity contribution in [2.24, 2.45) is 5.92 Å². The molecular formula is C28H40ClN3O4S. The number of benzene rings is 2. The van der Waals surface area contributed by atoms with Crippen LogP contribution >= 0.6 is 11.6 Å². The number of anilines is 1. The Labute approximate surface area is 227 Å². The molecule has 204 valence electrons. The Hall–Kier alpha value is -2.58. The highest BCUT2D eigenvalue weighted by atomic mass is 35.5. The zero-order chi connectivity index (χ0) is 27.8. The Balaban J connectivity index is 2.23. The van der Waals surface area contributed by atoms with Gasteiger partial charge in [-0.25, -0.2) is 8.42 Å². The van der Waals surface area contributed by atoms with Crippen molar-refractivity contribution in [1.29, 1.82) is 0 Å². The van der Waals surface area contributed by atoms with Crippen LogP contribution in [0.25, 0.3) is 0 Å². The average molecular weight is 550 g/mol. The minimum absolute atomic E-state index is 0.110. The first-order valence-electron chi connectivity index (χ1n) is 12.7. The molecule has 0 bridgehead atoms. The van der Waals surface area contributed by atoms with E-state index in [9.17, 15) is 18.0 Å². The fourth-order valence-electron chi connectivity index (χ4n) is 4.10. The van der Waals surface area contributed by atoms with E-state index in [-0.39, 0.29) is 37.2 Å². The minimum atomic E-state index is -3.55. The first-order chi connectivity index (χ1) is 17.3. The van der Waals surface area contributed by atoms with E-state index in [4.69, 9.17) is 11.6 Å². The maximum absolute atomic E-state index is 13.5. The van der Waals surface area contributed by atoms with Gasteiger partial charge in [0, 0.05) is 31.1 Å². The summed E-state index contributed by atoms with van der Waals surface area (Å²) in [6.45, 7) is 10.6. The van der Waals surface area contributed by atoms with Gasteiger partial charge in [0.25, 0.3) is 0 Å². The predicted molar refractivity (Wildman–Crippen MR) is 151 cm³/mol. The van der Waals surface area contributed by atoms with Crippen molar-refractivity contribution in [3.8, 4) is 0 Å². The summed E-state index contributed by atoms with van der Waals surface area (Å²) >= 11 is 6.03. The zero-order valence-corrected chi connectivity index (χ0v) is 24.3. The molecule has 1 atom stereocenters. The quantitative estimate of drug-likeness (QED) is 0.377. The SMILES string of the molecule is CC[C@H](C(=O)NCC(C)C)N(Cc1ccc(Cl)cc1)C(=O)CCCN(c1cc(C)ccc1C)S(C)(=O)=O. The maximum Gasteiger partial charge on any atom is 0.242 e. The van der Waals surface area contributed by atoms with E-state index in [1.807, 2.05) is 65.0 Å². The molecule has 0 aromatic heterocycles. The number of nitrogens with zero attached hydrogens (tertiary/aromatic N) is 2. The van der Waals surface area contributed by atoms with Gasteiger partial charge in [0.15, 0.2) is 0 Å². The van der Waals surface area contributed by atoms with Crippen LogP contribution in [0, 0.1) is 19.8 Å². The molecule has 0 saturated carbocycles. The fourth-order valence-corrected chi connectivity index (χ4v) is 5.24. The number of carbonyl (C=O) groups excluding carboxylic acids is 2. The van der Waals surface area contributed by atoms with Crippen LogP contribution < -0.4 is 9.62 Å². The van der Waals surface area contributed by atoms with Crippen LogP contribution in [-0.4, -0.2) is 50.5 Å². The lowest BCUT2D eigenvalue weighted by Crippen LogP contribution is -2.49. The first kappa shape index (κ1) is 30.6. The summed E-state index contributed by atoms with van der Waals surface area (Å²) in [7, 11) is -3.55. The normalized spacial score (nSPS) is 12.3. The van der Waals surface area contributed by atoms with Crippen molar-refractivity contribution in [1.82, 2.24) is 10.2 Å². The van der Waals surface area contributed by atoms with Crippen molar-refractivity contribution in [2.75, 3.05) is 23.7 Å². The van der Waals surface area contributed by atoms with Gasteiger partial charge in [-0.3, -0.25) is 13.9 Å². The monoisotopic (exact) mass is 549 g/mol. The molecule has 37 heavy (non-hydrogen) atoms. The summed E-state index contributed by atoms with van der Waals surface area (Å²) in [4.78, 5) is 28.1. The fraction of sp³-hybridized carbons (Fsp3) is 0.500. The largest absolute Gasteiger partial charge is 0.354 e. The molecule has 2 aromatic carbocycles. The number of hydrogen-bond acceptors (Lipinski definition) is 4. The lowest BCUT2D eigenvalue weighted by molar-refractivity contribution is -0.141. The van der Waals surface area contributed by atoms with Crippen LogP contribution in [0.1, 0.15) is 56.7 Å². The van der Waals surface area contributed by atoms with Gasteiger partial charge in [-0.05, 0) is 67.5 Å². The van der Waals surface area contributed by atoms with E-state index in [0.29, 0.717) is 30.1 Å². The Morgan fingerprint density at radius 3 is 2.27 bits per heavy atom. The smallest absolute Gasteiger partial charge is 0.242 e. The van der Waals surface area contributed by atoms with Crippen LogP contribution in [0.15, 0.2) is 42.5 Å². The Morgan fingerprint density at radius 2 is 1.70 bits per heavy atom. The lowest BCUT2D eigenvalue weighted by Gasteiger charge is -2.31. The van der Waals surface area contributed by atoms with Crippen LogP contribution in [0.5, 0.6) is 0 Å². The van der Waals surface area contributed by atoms with E-state index >= 15 is 0 Å². The number of aryl methyl sites for hydroxylation is 2. The molecule has 9 heteroatoms. The third-order valence-corrected chi connectivity index (χ3v) is 7.55. The van der Waals surface area contributed by atoms with Gasteiger partial charge in [0.1, 0.15) is 6.04 Å². The third kappa shape index (κ3) is 9.34. The molecule has 7 nitrogen and oxygen atoms in total. The van der Waals surface area contributed by atoms with Crippen molar-refractivity contribution >= 4 is 39.1 Å². The van der Waals surface area contributed by atoms with Crippen molar-refractivity contribution in [2.45, 2.75) is 66.5 Å². The summed E-state index contributed by atoms with van der Waals surface area (Å²) in [5.74, 6) is -0.100. The molecule has 2 rings (SSSR count). The van der Waals surface area contributed by atoms with Gasteiger partial charge in [-0.2, -0.15) is 0 Å². The molecule has 1 N–H and O–H groups in total. The van der Waals surface area contributed by atoms with Crippen molar-refractivity contribution in [3.05, 3.63) is 64.2 Å². The van der Waals surface area contributed by atoms with Crippen molar-refractivity contribution < 1.29 is 18.0 Å². The molecule has 0 aliphatic carbocycles. The number of sulfonamides is 1. The molecule has 0 heterocycles. The molecular weight excluding hydrogens is 510 g/mol.